The maximum absolute atomic E-state index is 12.3. The molecule has 2 N–H and O–H groups in total. The van der Waals surface area contributed by atoms with Crippen molar-refractivity contribution in [3.63, 3.8) is 0 Å². The highest BCUT2D eigenvalue weighted by Gasteiger charge is 2.19. The van der Waals surface area contributed by atoms with Gasteiger partial charge >= 0.3 is 12.0 Å². The number of nitrogens with zero attached hydrogens (tertiary/aromatic N) is 3. The normalized spacial score (nSPS) is 11.8. The zero-order valence-electron chi connectivity index (χ0n) is 14.4. The number of hydrogen-bond acceptors (Lipinski definition) is 3. The van der Waals surface area contributed by atoms with Crippen LogP contribution in [0.25, 0.3) is 5.69 Å². The average Bonchev–Trinajstić information content (AvgIpc) is 2.97. The summed E-state index contributed by atoms with van der Waals surface area (Å²) in [5, 5.41) is 16.7. The number of amides is 2. The van der Waals surface area contributed by atoms with Gasteiger partial charge in [0, 0.05) is 18.6 Å². The minimum Gasteiger partial charge on any atom is -0.481 e. The van der Waals surface area contributed by atoms with Crippen molar-refractivity contribution >= 4 is 29.3 Å². The molecule has 0 aliphatic heterocycles. The Hall–Kier alpha value is -2.54. The highest BCUT2D eigenvalue weighted by Crippen LogP contribution is 2.21. The number of carboxylic acids is 1. The van der Waals surface area contributed by atoms with Crippen molar-refractivity contribution in [2.24, 2.45) is 5.92 Å². The number of nitrogens with one attached hydrogen (secondary N) is 1. The van der Waals surface area contributed by atoms with E-state index in [4.69, 9.17) is 16.7 Å². The number of carboxylic acid groups (broad SMARTS) is 1. The first kappa shape index (κ1) is 18.8. The number of benzene rings is 1. The third kappa shape index (κ3) is 4.51. The summed E-state index contributed by atoms with van der Waals surface area (Å²) >= 11 is 5.91. The van der Waals surface area contributed by atoms with E-state index in [1.165, 1.54) is 4.90 Å². The third-order valence-corrected chi connectivity index (χ3v) is 4.08. The Morgan fingerprint density at radius 3 is 2.56 bits per heavy atom. The van der Waals surface area contributed by atoms with Crippen molar-refractivity contribution in [1.82, 2.24) is 14.7 Å². The molecule has 8 heteroatoms. The van der Waals surface area contributed by atoms with E-state index in [0.29, 0.717) is 17.1 Å². The smallest absolute Gasteiger partial charge is 0.321 e. The van der Waals surface area contributed by atoms with E-state index in [0.717, 1.165) is 11.4 Å². The molecule has 0 fully saturated rings. The lowest BCUT2D eigenvalue weighted by Gasteiger charge is -2.20. The monoisotopic (exact) mass is 364 g/mol. The zero-order valence-corrected chi connectivity index (χ0v) is 15.1. The summed E-state index contributed by atoms with van der Waals surface area (Å²) in [6, 6.07) is 6.87. The van der Waals surface area contributed by atoms with Crippen LogP contribution in [0.3, 0.4) is 0 Å². The molecule has 1 heterocycles. The Labute approximate surface area is 151 Å². The van der Waals surface area contributed by atoms with Gasteiger partial charge in [0.25, 0.3) is 0 Å². The van der Waals surface area contributed by atoms with Crippen LogP contribution >= 0.6 is 11.6 Å². The summed E-state index contributed by atoms with van der Waals surface area (Å²) in [7, 11) is 1.56. The van der Waals surface area contributed by atoms with E-state index < -0.39 is 11.9 Å². The number of carbonyl (C=O) groups is 2. The standard InChI is InChI=1S/C17H21ClN4O3/c1-4-15-14(20-17(25)21(3)10-11(2)16(23)24)9-19-22(15)13-7-5-12(18)6-8-13/h5-9,11H,4,10H2,1-3H3,(H,20,25)(H,23,24). The lowest BCUT2D eigenvalue weighted by molar-refractivity contribution is -0.141. The SMILES string of the molecule is CCc1c(NC(=O)N(C)CC(C)C(=O)O)cnn1-c1ccc(Cl)cc1. The van der Waals surface area contributed by atoms with Gasteiger partial charge in [0.05, 0.1) is 29.2 Å². The van der Waals surface area contributed by atoms with E-state index in [1.807, 2.05) is 19.1 Å². The maximum Gasteiger partial charge on any atom is 0.321 e. The van der Waals surface area contributed by atoms with Crippen molar-refractivity contribution in [2.75, 3.05) is 18.9 Å². The van der Waals surface area contributed by atoms with Crippen LogP contribution in [0.4, 0.5) is 10.5 Å². The van der Waals surface area contributed by atoms with Gasteiger partial charge in [-0.15, -0.1) is 0 Å². The first-order valence-corrected chi connectivity index (χ1v) is 8.29. The lowest BCUT2D eigenvalue weighted by Crippen LogP contribution is -2.36. The molecule has 0 radical (unpaired) electrons. The van der Waals surface area contributed by atoms with Gasteiger partial charge in [-0.3, -0.25) is 4.79 Å². The van der Waals surface area contributed by atoms with Crippen LogP contribution in [0.2, 0.25) is 5.02 Å². The minimum absolute atomic E-state index is 0.119. The lowest BCUT2D eigenvalue weighted by atomic mass is 10.2. The van der Waals surface area contributed by atoms with E-state index >= 15 is 0 Å². The van der Waals surface area contributed by atoms with E-state index in [-0.39, 0.29) is 12.6 Å². The van der Waals surface area contributed by atoms with Gasteiger partial charge in [-0.05, 0) is 30.7 Å². The minimum atomic E-state index is -0.940. The van der Waals surface area contributed by atoms with E-state index in [2.05, 4.69) is 10.4 Å². The molecule has 0 aliphatic rings. The molecule has 2 rings (SSSR count). The molecule has 1 atom stereocenters. The molecule has 1 aromatic heterocycles. The Morgan fingerprint density at radius 1 is 1.36 bits per heavy atom. The average molecular weight is 365 g/mol. The number of hydrogen-bond donors (Lipinski definition) is 2. The molecule has 1 unspecified atom stereocenters. The number of rotatable bonds is 6. The molecule has 2 aromatic rings. The van der Waals surface area contributed by atoms with Crippen LogP contribution in [0.15, 0.2) is 30.5 Å². The van der Waals surface area contributed by atoms with Crippen molar-refractivity contribution in [2.45, 2.75) is 20.3 Å². The Morgan fingerprint density at radius 2 is 2.00 bits per heavy atom. The second-order valence-electron chi connectivity index (χ2n) is 5.80. The number of carbonyl (C=O) groups excluding carboxylic acids is 1. The largest absolute Gasteiger partial charge is 0.481 e. The van der Waals surface area contributed by atoms with Crippen LogP contribution in [-0.2, 0) is 11.2 Å². The van der Waals surface area contributed by atoms with Gasteiger partial charge in [0.15, 0.2) is 0 Å². The Kier molecular flexibility index (Phi) is 6.03. The topological polar surface area (TPSA) is 87.5 Å². The summed E-state index contributed by atoms with van der Waals surface area (Å²) < 4.78 is 1.74. The Bertz CT molecular complexity index is 758. The highest BCUT2D eigenvalue weighted by atomic mass is 35.5. The van der Waals surface area contributed by atoms with Gasteiger partial charge in [0.2, 0.25) is 0 Å². The summed E-state index contributed by atoms with van der Waals surface area (Å²) in [4.78, 5) is 24.6. The van der Waals surface area contributed by atoms with Crippen LogP contribution in [-0.4, -0.2) is 45.4 Å². The summed E-state index contributed by atoms with van der Waals surface area (Å²) in [6.45, 7) is 3.64. The number of urea groups is 1. The van der Waals surface area contributed by atoms with Gasteiger partial charge < -0.3 is 15.3 Å². The van der Waals surface area contributed by atoms with Gasteiger partial charge in [-0.1, -0.05) is 25.4 Å². The number of aromatic nitrogens is 2. The van der Waals surface area contributed by atoms with Crippen molar-refractivity contribution in [3.8, 4) is 5.69 Å². The third-order valence-electron chi connectivity index (χ3n) is 3.83. The molecule has 0 saturated heterocycles. The highest BCUT2D eigenvalue weighted by molar-refractivity contribution is 6.30. The molecule has 25 heavy (non-hydrogen) atoms. The Balaban J connectivity index is 2.16. The van der Waals surface area contributed by atoms with Gasteiger partial charge in [-0.2, -0.15) is 5.10 Å². The fraction of sp³-hybridized carbons (Fsp3) is 0.353. The molecule has 0 bridgehead atoms. The molecule has 0 saturated carbocycles. The maximum atomic E-state index is 12.3. The molecule has 1 aromatic carbocycles. The molecular formula is C17H21ClN4O3. The predicted molar refractivity (Wildman–Crippen MR) is 96.4 cm³/mol. The number of halogens is 1. The second-order valence-corrected chi connectivity index (χ2v) is 6.23. The van der Waals surface area contributed by atoms with E-state index in [9.17, 15) is 9.59 Å². The quantitative estimate of drug-likeness (QED) is 0.823. The van der Waals surface area contributed by atoms with Crippen molar-refractivity contribution in [3.05, 3.63) is 41.2 Å². The van der Waals surface area contributed by atoms with Gasteiger partial charge in [0.1, 0.15) is 0 Å². The first-order valence-electron chi connectivity index (χ1n) is 7.91. The van der Waals surface area contributed by atoms with Crippen LogP contribution < -0.4 is 5.32 Å². The fourth-order valence-electron chi connectivity index (χ4n) is 2.41. The molecular weight excluding hydrogens is 344 g/mol. The first-order chi connectivity index (χ1) is 11.8. The van der Waals surface area contributed by atoms with Crippen molar-refractivity contribution in [1.29, 1.82) is 0 Å². The molecule has 7 nitrogen and oxygen atoms in total. The predicted octanol–water partition coefficient (Wildman–Crippen LogP) is 3.27. The molecule has 134 valence electrons. The van der Waals surface area contributed by atoms with Crippen LogP contribution in [0.5, 0.6) is 0 Å². The van der Waals surface area contributed by atoms with Crippen molar-refractivity contribution < 1.29 is 14.7 Å². The number of aliphatic carboxylic acids is 1. The molecule has 0 spiro atoms. The van der Waals surface area contributed by atoms with Gasteiger partial charge in [-0.25, -0.2) is 9.48 Å². The number of anilines is 1. The summed E-state index contributed by atoms with van der Waals surface area (Å²) in [5.41, 5.74) is 2.28. The van der Waals surface area contributed by atoms with E-state index in [1.54, 1.807) is 37.0 Å². The van der Waals surface area contributed by atoms with Crippen LogP contribution in [0.1, 0.15) is 19.5 Å². The van der Waals surface area contributed by atoms with Crippen LogP contribution in [0, 0.1) is 5.92 Å². The fourth-order valence-corrected chi connectivity index (χ4v) is 2.53. The molecule has 0 aliphatic carbocycles. The molecule has 2 amide bonds. The summed E-state index contributed by atoms with van der Waals surface area (Å²) in [5.74, 6) is -1.58. The summed E-state index contributed by atoms with van der Waals surface area (Å²) in [6.07, 6.45) is 2.24. The second kappa shape index (κ2) is 8.02. The zero-order chi connectivity index (χ0) is 18.6.